The van der Waals surface area contributed by atoms with Gasteiger partial charge in [-0.1, -0.05) is 88.4 Å². The molecule has 0 aromatic heterocycles. The van der Waals surface area contributed by atoms with Gasteiger partial charge in [0.1, 0.15) is 23.7 Å². The van der Waals surface area contributed by atoms with Crippen LogP contribution in [0.5, 0.6) is 0 Å². The molecule has 2 aromatic carbocycles. The Labute approximate surface area is 322 Å². The number of ether oxygens (including phenoxy) is 1. The quantitative estimate of drug-likeness (QED) is 0.0535. The molecule has 1 aliphatic rings. The molecule has 0 saturated carbocycles. The number of epoxide rings is 1. The second kappa shape index (κ2) is 21.2. The second-order valence-electron chi connectivity index (χ2n) is 16.2. The number of benzene rings is 2. The predicted octanol–water partition coefficient (Wildman–Crippen LogP) is 3.43. The summed E-state index contributed by atoms with van der Waals surface area (Å²) in [5, 5.41) is 14.6. The summed E-state index contributed by atoms with van der Waals surface area (Å²) in [6.07, 6.45) is 2.31. The van der Waals surface area contributed by atoms with E-state index >= 15 is 0 Å². The fourth-order valence-electron chi connectivity index (χ4n) is 6.03. The average Bonchev–Trinajstić information content (AvgIpc) is 3.87. The number of rotatable bonds is 24. The van der Waals surface area contributed by atoms with Gasteiger partial charge in [-0.2, -0.15) is 0 Å². The lowest BCUT2D eigenvalue weighted by molar-refractivity contribution is -0.135. The fraction of sp³-hybridized carbons (Fsp3) is 0.585. The van der Waals surface area contributed by atoms with Crippen molar-refractivity contribution in [3.05, 3.63) is 71.8 Å². The van der Waals surface area contributed by atoms with Gasteiger partial charge in [0.15, 0.2) is 14.1 Å². The number of ketones is 1. The lowest BCUT2D eigenvalue weighted by Gasteiger charge is -2.28. The van der Waals surface area contributed by atoms with Gasteiger partial charge in [-0.3, -0.25) is 24.0 Å². The van der Waals surface area contributed by atoms with Gasteiger partial charge in [-0.25, -0.2) is 0 Å². The minimum Gasteiger partial charge on any atom is -0.432 e. The molecular weight excluding hydrogens is 703 g/mol. The summed E-state index contributed by atoms with van der Waals surface area (Å²) in [6.45, 7) is 14.1. The van der Waals surface area contributed by atoms with Crippen LogP contribution in [0.3, 0.4) is 0 Å². The number of hydrogen-bond acceptors (Lipinski definition) is 8. The van der Waals surface area contributed by atoms with Crippen molar-refractivity contribution < 1.29 is 33.5 Å². The molecule has 13 heteroatoms. The molecule has 6 N–H and O–H groups in total. The van der Waals surface area contributed by atoms with Crippen molar-refractivity contribution in [3.63, 3.8) is 0 Å². The summed E-state index contributed by atoms with van der Waals surface area (Å²) in [5.74, 6) is -1.78. The van der Waals surface area contributed by atoms with E-state index in [0.29, 0.717) is 51.3 Å². The van der Waals surface area contributed by atoms with Gasteiger partial charge in [0.2, 0.25) is 23.6 Å². The smallest absolute Gasteiger partial charge is 0.243 e. The van der Waals surface area contributed by atoms with Gasteiger partial charge in [0.25, 0.3) is 0 Å². The molecule has 1 aliphatic heterocycles. The monoisotopic (exact) mass is 765 g/mol. The highest BCUT2D eigenvalue weighted by Crippen LogP contribution is 2.29. The zero-order chi connectivity index (χ0) is 39.9. The first-order chi connectivity index (χ1) is 25.5. The maximum atomic E-state index is 14.1. The van der Waals surface area contributed by atoms with E-state index in [1.165, 1.54) is 0 Å². The standard InChI is InChI=1S/C41H63N5O7Si/c1-28(2)18-20-33(44-38(49)32(21-19-30-14-10-8-11-15-30)43-36(47)26-42-22-23-54(6,7)52)39(50)46-35(25-31-16-12-9-13-17-31)40(51)45-34(24-29(3)4)37(48)41(5)27-53-41/h8-17,28-29,32-35,42,52H,18-27H2,1-7H3,(H,43,47)(H,44,49)(H,45,51)(H,46,50)/t32-,33-,34-,35-,41+/m0/s1. The third-order valence-electron chi connectivity index (χ3n) is 9.44. The van der Waals surface area contributed by atoms with E-state index in [2.05, 4.69) is 26.6 Å². The maximum Gasteiger partial charge on any atom is 0.243 e. The van der Waals surface area contributed by atoms with Crippen LogP contribution in [0.25, 0.3) is 0 Å². The molecule has 2 aromatic rings. The number of amides is 4. The molecule has 0 bridgehead atoms. The fourth-order valence-corrected chi connectivity index (χ4v) is 6.82. The first-order valence-electron chi connectivity index (χ1n) is 19.4. The van der Waals surface area contributed by atoms with Gasteiger partial charge < -0.3 is 36.1 Å². The summed E-state index contributed by atoms with van der Waals surface area (Å²) in [6, 6.07) is 15.7. The zero-order valence-electron chi connectivity index (χ0n) is 33.2. The Morgan fingerprint density at radius 3 is 1.78 bits per heavy atom. The Kier molecular flexibility index (Phi) is 17.5. The molecule has 5 atom stereocenters. The number of nitrogens with one attached hydrogen (secondary N) is 5. The van der Waals surface area contributed by atoms with Gasteiger partial charge >= 0.3 is 0 Å². The van der Waals surface area contributed by atoms with E-state index in [1.54, 1.807) is 6.92 Å². The minimum absolute atomic E-state index is 0.0290. The van der Waals surface area contributed by atoms with Crippen LogP contribution in [0.15, 0.2) is 60.7 Å². The zero-order valence-corrected chi connectivity index (χ0v) is 34.2. The molecule has 12 nitrogen and oxygen atoms in total. The lowest BCUT2D eigenvalue weighted by atomic mass is 9.93. The molecular formula is C41H63N5O7Si. The van der Waals surface area contributed by atoms with E-state index in [9.17, 15) is 28.8 Å². The molecule has 0 spiro atoms. The van der Waals surface area contributed by atoms with Crippen molar-refractivity contribution in [3.8, 4) is 0 Å². The summed E-state index contributed by atoms with van der Waals surface area (Å²) in [5.41, 5.74) is 0.878. The number of aryl methyl sites for hydroxylation is 1. The average molecular weight is 766 g/mol. The Hall–Kier alpha value is -3.91. The molecule has 1 heterocycles. The van der Waals surface area contributed by atoms with Crippen LogP contribution in [0.1, 0.15) is 71.4 Å². The van der Waals surface area contributed by atoms with Crippen molar-refractivity contribution >= 4 is 37.7 Å². The van der Waals surface area contributed by atoms with E-state index < -0.39 is 55.8 Å². The van der Waals surface area contributed by atoms with Crippen LogP contribution >= 0.6 is 0 Å². The van der Waals surface area contributed by atoms with Crippen LogP contribution in [-0.2, 0) is 41.6 Å². The van der Waals surface area contributed by atoms with Gasteiger partial charge in [-0.15, -0.1) is 0 Å². The van der Waals surface area contributed by atoms with Gasteiger partial charge in [0.05, 0.1) is 19.2 Å². The SMILES string of the molecule is CC(C)CC[C@H](NC(=O)[C@H](CCc1ccccc1)NC(=O)CNCC[Si](C)(C)O)C(=O)N[C@@H](Cc1ccccc1)C(=O)N[C@@H](CC(C)C)C(=O)[C@@]1(C)CO1. The molecule has 0 radical (unpaired) electrons. The van der Waals surface area contributed by atoms with Crippen LogP contribution in [0, 0.1) is 11.8 Å². The van der Waals surface area contributed by atoms with Crippen LogP contribution in [0.4, 0.5) is 0 Å². The molecule has 1 saturated heterocycles. The van der Waals surface area contributed by atoms with Crippen molar-refractivity contribution in [2.75, 3.05) is 19.7 Å². The predicted molar refractivity (Wildman–Crippen MR) is 213 cm³/mol. The first-order valence-corrected chi connectivity index (χ1v) is 22.5. The highest BCUT2D eigenvalue weighted by molar-refractivity contribution is 6.69. The number of carbonyl (C=O) groups excluding carboxylic acids is 5. The van der Waals surface area contributed by atoms with E-state index in [4.69, 9.17) is 4.74 Å². The maximum absolute atomic E-state index is 14.1. The number of carbonyl (C=O) groups is 5. The Balaban J connectivity index is 1.81. The van der Waals surface area contributed by atoms with Crippen molar-refractivity contribution in [1.29, 1.82) is 0 Å². The van der Waals surface area contributed by atoms with Crippen molar-refractivity contribution in [2.45, 2.75) is 122 Å². The molecule has 1 fully saturated rings. The molecule has 0 aliphatic carbocycles. The summed E-state index contributed by atoms with van der Waals surface area (Å²) >= 11 is 0. The van der Waals surface area contributed by atoms with E-state index in [1.807, 2.05) is 101 Å². The summed E-state index contributed by atoms with van der Waals surface area (Å²) < 4.78 is 5.41. The Bertz CT molecular complexity index is 1510. The second-order valence-corrected chi connectivity index (χ2v) is 20.4. The third kappa shape index (κ3) is 16.2. The topological polar surface area (TPSA) is 178 Å². The van der Waals surface area contributed by atoms with Crippen molar-refractivity contribution in [2.24, 2.45) is 11.8 Å². The summed E-state index contributed by atoms with van der Waals surface area (Å²) in [4.78, 5) is 78.6. The minimum atomic E-state index is -2.28. The normalized spacial score (nSPS) is 17.6. The third-order valence-corrected chi connectivity index (χ3v) is 10.9. The van der Waals surface area contributed by atoms with Crippen molar-refractivity contribution in [1.82, 2.24) is 26.6 Å². The molecule has 298 valence electrons. The molecule has 4 amide bonds. The van der Waals surface area contributed by atoms with Gasteiger partial charge in [0, 0.05) is 6.42 Å². The largest absolute Gasteiger partial charge is 0.432 e. The number of hydrogen-bond donors (Lipinski definition) is 6. The van der Waals surface area contributed by atoms with E-state index in [-0.39, 0.29) is 36.5 Å². The molecule has 0 unspecified atom stereocenters. The lowest BCUT2D eigenvalue weighted by Crippen LogP contribution is -2.59. The Morgan fingerprint density at radius 2 is 1.24 bits per heavy atom. The number of Topliss-reactive ketones (excluding diaryl/α,β-unsaturated/α-hetero) is 1. The first kappa shape index (κ1) is 44.5. The highest BCUT2D eigenvalue weighted by atomic mass is 28.4. The molecule has 54 heavy (non-hydrogen) atoms. The highest BCUT2D eigenvalue weighted by Gasteiger charge is 2.50. The van der Waals surface area contributed by atoms with Crippen LogP contribution in [0.2, 0.25) is 19.1 Å². The molecule has 3 rings (SSSR count). The van der Waals surface area contributed by atoms with E-state index in [0.717, 1.165) is 11.1 Å². The van der Waals surface area contributed by atoms with Crippen LogP contribution < -0.4 is 26.6 Å². The summed E-state index contributed by atoms with van der Waals surface area (Å²) in [7, 11) is -2.28. The van der Waals surface area contributed by atoms with Gasteiger partial charge in [-0.05, 0) is 87.7 Å². The van der Waals surface area contributed by atoms with Crippen LogP contribution in [-0.4, -0.2) is 92.0 Å². The Morgan fingerprint density at radius 1 is 0.722 bits per heavy atom.